The number of benzene rings is 2. The summed E-state index contributed by atoms with van der Waals surface area (Å²) in [5.74, 6) is 0.270. The van der Waals surface area contributed by atoms with Gasteiger partial charge >= 0.3 is 0 Å². The first-order valence-electron chi connectivity index (χ1n) is 9.30. The first-order valence-corrected chi connectivity index (χ1v) is 10.2. The van der Waals surface area contributed by atoms with Crippen molar-refractivity contribution in [2.75, 3.05) is 19.0 Å². The predicted octanol–water partition coefficient (Wildman–Crippen LogP) is 4.14. The van der Waals surface area contributed by atoms with Crippen molar-refractivity contribution < 1.29 is 14.3 Å². The number of nitrogens with one attached hydrogen (secondary N) is 2. The molecule has 0 aliphatic rings. The minimum absolute atomic E-state index is 0.00233. The lowest BCUT2D eigenvalue weighted by Gasteiger charge is -2.07. The van der Waals surface area contributed by atoms with Gasteiger partial charge in [-0.25, -0.2) is 4.98 Å². The zero-order valence-electron chi connectivity index (χ0n) is 16.4. The topological polar surface area (TPSA) is 80.3 Å². The fraction of sp³-hybridized carbons (Fsp3) is 0.227. The Hall–Kier alpha value is -3.19. The second-order valence-electron chi connectivity index (χ2n) is 6.48. The van der Waals surface area contributed by atoms with Crippen LogP contribution in [-0.2, 0) is 11.2 Å². The van der Waals surface area contributed by atoms with E-state index in [9.17, 15) is 9.59 Å². The fourth-order valence-corrected chi connectivity index (χ4v) is 3.57. The minimum atomic E-state index is -0.252. The van der Waals surface area contributed by atoms with Gasteiger partial charge < -0.3 is 10.1 Å². The number of hydrogen-bond donors (Lipinski definition) is 2. The number of aryl methyl sites for hydroxylation is 1. The van der Waals surface area contributed by atoms with Gasteiger partial charge in [-0.05, 0) is 30.5 Å². The number of nitrogens with zero attached hydrogens (tertiary/aromatic N) is 1. The number of amides is 2. The molecule has 2 aromatic carbocycles. The van der Waals surface area contributed by atoms with Crippen molar-refractivity contribution in [1.82, 2.24) is 10.3 Å². The molecular formula is C22H23N3O3S. The fourth-order valence-electron chi connectivity index (χ4n) is 2.86. The number of thiazole rings is 1. The van der Waals surface area contributed by atoms with E-state index in [1.807, 2.05) is 23.6 Å². The molecule has 6 nitrogen and oxygen atoms in total. The highest BCUT2D eigenvalue weighted by Gasteiger charge is 2.14. The summed E-state index contributed by atoms with van der Waals surface area (Å²) in [4.78, 5) is 27.9. The first kappa shape index (κ1) is 20.5. The van der Waals surface area contributed by atoms with Crippen LogP contribution < -0.4 is 15.4 Å². The molecule has 2 amide bonds. The number of carbonyl (C=O) groups excluding carboxylic acids is 2. The first-order chi connectivity index (χ1) is 14.1. The van der Waals surface area contributed by atoms with Gasteiger partial charge in [0.05, 0.1) is 18.4 Å². The van der Waals surface area contributed by atoms with Crippen molar-refractivity contribution in [1.29, 1.82) is 0 Å². The molecule has 3 aromatic rings. The summed E-state index contributed by atoms with van der Waals surface area (Å²) in [6.07, 6.45) is 1.80. The summed E-state index contributed by atoms with van der Waals surface area (Å²) in [7, 11) is 1.54. The predicted molar refractivity (Wildman–Crippen MR) is 116 cm³/mol. The van der Waals surface area contributed by atoms with Gasteiger partial charge in [-0.3, -0.25) is 14.9 Å². The molecule has 0 aliphatic heterocycles. The molecule has 0 saturated carbocycles. The molecule has 29 heavy (non-hydrogen) atoms. The van der Waals surface area contributed by atoms with Crippen molar-refractivity contribution in [2.24, 2.45) is 0 Å². The highest BCUT2D eigenvalue weighted by molar-refractivity contribution is 7.14. The molecule has 0 radical (unpaired) electrons. The van der Waals surface area contributed by atoms with Gasteiger partial charge in [0.2, 0.25) is 5.91 Å². The van der Waals surface area contributed by atoms with Gasteiger partial charge in [-0.1, -0.05) is 36.4 Å². The second-order valence-corrected chi connectivity index (χ2v) is 7.33. The van der Waals surface area contributed by atoms with Crippen LogP contribution in [0.2, 0.25) is 0 Å². The summed E-state index contributed by atoms with van der Waals surface area (Å²) < 4.78 is 5.24. The van der Waals surface area contributed by atoms with E-state index in [4.69, 9.17) is 4.74 Å². The average Bonchev–Trinajstić information content (AvgIpc) is 3.20. The highest BCUT2D eigenvalue weighted by atomic mass is 32.1. The largest absolute Gasteiger partial charge is 0.496 e. The van der Waals surface area contributed by atoms with E-state index in [2.05, 4.69) is 27.8 Å². The molecule has 1 aromatic heterocycles. The molecule has 0 fully saturated rings. The third-order valence-corrected chi connectivity index (χ3v) is 5.10. The molecule has 1 heterocycles. The third kappa shape index (κ3) is 5.65. The number of aromatic nitrogens is 1. The summed E-state index contributed by atoms with van der Waals surface area (Å²) >= 11 is 1.38. The maximum absolute atomic E-state index is 12.5. The average molecular weight is 410 g/mol. The van der Waals surface area contributed by atoms with Crippen LogP contribution in [0.15, 0.2) is 53.9 Å². The molecule has 3 rings (SSSR count). The lowest BCUT2D eigenvalue weighted by Crippen LogP contribution is -2.21. The number of rotatable bonds is 8. The number of hydrogen-bond acceptors (Lipinski definition) is 5. The van der Waals surface area contributed by atoms with E-state index in [1.54, 1.807) is 18.2 Å². The molecule has 0 bridgehead atoms. The van der Waals surface area contributed by atoms with Gasteiger partial charge in [0.15, 0.2) is 5.13 Å². The Kier molecular flexibility index (Phi) is 6.97. The van der Waals surface area contributed by atoms with E-state index in [-0.39, 0.29) is 11.8 Å². The zero-order valence-corrected chi connectivity index (χ0v) is 17.2. The van der Waals surface area contributed by atoms with Gasteiger partial charge in [0, 0.05) is 24.4 Å². The Morgan fingerprint density at radius 3 is 2.59 bits per heavy atom. The SMILES string of the molecule is COc1ccccc1C(=O)Nc1nc(-c2ccc(CCCNC(C)=O)cc2)cs1. The number of ether oxygens (including phenoxy) is 1. The molecule has 0 saturated heterocycles. The van der Waals surface area contributed by atoms with Crippen LogP contribution in [0, 0.1) is 0 Å². The van der Waals surface area contributed by atoms with Crippen LogP contribution >= 0.6 is 11.3 Å². The van der Waals surface area contributed by atoms with Crippen molar-refractivity contribution in [3.63, 3.8) is 0 Å². The molecule has 0 unspecified atom stereocenters. The maximum atomic E-state index is 12.5. The lowest BCUT2D eigenvalue weighted by atomic mass is 10.1. The number of para-hydroxylation sites is 1. The standard InChI is InChI=1S/C22H23N3O3S/c1-15(26)23-13-5-6-16-9-11-17(12-10-16)19-14-29-22(24-19)25-21(27)18-7-3-4-8-20(18)28-2/h3-4,7-12,14H,5-6,13H2,1-2H3,(H,23,26)(H,24,25,27). The minimum Gasteiger partial charge on any atom is -0.496 e. The molecule has 0 aliphatic carbocycles. The Morgan fingerprint density at radius 2 is 1.86 bits per heavy atom. The summed E-state index contributed by atoms with van der Waals surface area (Å²) in [6, 6.07) is 15.3. The molecule has 0 atom stereocenters. The third-order valence-electron chi connectivity index (χ3n) is 4.34. The second kappa shape index (κ2) is 9.84. The normalized spacial score (nSPS) is 10.4. The highest BCUT2D eigenvalue weighted by Crippen LogP contribution is 2.26. The summed E-state index contributed by atoms with van der Waals surface area (Å²) in [6.45, 7) is 2.20. The van der Waals surface area contributed by atoms with Gasteiger partial charge in [-0.15, -0.1) is 11.3 Å². The van der Waals surface area contributed by atoms with Crippen molar-refractivity contribution >= 4 is 28.3 Å². The zero-order chi connectivity index (χ0) is 20.6. The van der Waals surface area contributed by atoms with Crippen molar-refractivity contribution in [3.05, 3.63) is 65.0 Å². The molecule has 2 N–H and O–H groups in total. The van der Waals surface area contributed by atoms with Crippen LogP contribution in [0.1, 0.15) is 29.3 Å². The van der Waals surface area contributed by atoms with Crippen molar-refractivity contribution in [2.45, 2.75) is 19.8 Å². The number of carbonyl (C=O) groups is 2. The summed E-state index contributed by atoms with van der Waals surface area (Å²) in [5, 5.41) is 8.09. The Balaban J connectivity index is 1.61. The van der Waals surface area contributed by atoms with E-state index < -0.39 is 0 Å². The Labute approximate surface area is 173 Å². The molecule has 150 valence electrons. The van der Waals surface area contributed by atoms with Crippen LogP contribution in [-0.4, -0.2) is 30.5 Å². The molecule has 0 spiro atoms. The van der Waals surface area contributed by atoms with Gasteiger partial charge in [0.1, 0.15) is 5.75 Å². The van der Waals surface area contributed by atoms with Gasteiger partial charge in [0.25, 0.3) is 5.91 Å². The summed E-state index contributed by atoms with van der Waals surface area (Å²) in [5.41, 5.74) is 3.48. The number of anilines is 1. The maximum Gasteiger partial charge on any atom is 0.261 e. The van der Waals surface area contributed by atoms with Crippen LogP contribution in [0.25, 0.3) is 11.3 Å². The van der Waals surface area contributed by atoms with Gasteiger partial charge in [-0.2, -0.15) is 0 Å². The van der Waals surface area contributed by atoms with E-state index >= 15 is 0 Å². The smallest absolute Gasteiger partial charge is 0.261 e. The van der Waals surface area contributed by atoms with Crippen LogP contribution in [0.5, 0.6) is 5.75 Å². The Bertz CT molecular complexity index is 983. The van der Waals surface area contributed by atoms with E-state index in [0.717, 1.165) is 24.1 Å². The van der Waals surface area contributed by atoms with Crippen LogP contribution in [0.3, 0.4) is 0 Å². The van der Waals surface area contributed by atoms with Crippen molar-refractivity contribution in [3.8, 4) is 17.0 Å². The van der Waals surface area contributed by atoms with E-state index in [0.29, 0.717) is 23.0 Å². The van der Waals surface area contributed by atoms with E-state index in [1.165, 1.54) is 30.9 Å². The van der Waals surface area contributed by atoms with Crippen LogP contribution in [0.4, 0.5) is 5.13 Å². The lowest BCUT2D eigenvalue weighted by molar-refractivity contribution is -0.118. The Morgan fingerprint density at radius 1 is 1.10 bits per heavy atom. The molecular weight excluding hydrogens is 386 g/mol. The molecule has 7 heteroatoms. The monoisotopic (exact) mass is 409 g/mol. The number of methoxy groups -OCH3 is 1. The quantitative estimate of drug-likeness (QED) is 0.548.